The zero-order valence-electron chi connectivity index (χ0n) is 11.1. The number of amides is 1. The Morgan fingerprint density at radius 2 is 1.94 bits per heavy atom. The fourth-order valence-electron chi connectivity index (χ4n) is 1.40. The molecule has 4 heteroatoms. The number of amidine groups is 1. The Hall–Kier alpha value is -1.97. The standard InChI is InChI=1S/C12H13N3O.C2H6/c1-9-2-4-10(5-3-9)12(16)15-8-11-13-6-7-14-11;1-2/h2-6H,7-8H2,1H3,(H,15,16);1-2H3. The third-order valence-electron chi connectivity index (χ3n) is 2.32. The molecule has 1 N–H and O–H groups in total. The van der Waals surface area contributed by atoms with Crippen LogP contribution >= 0.6 is 0 Å². The first kappa shape index (κ1) is 14.1. The minimum atomic E-state index is -0.0928. The molecule has 1 aromatic carbocycles. The van der Waals surface area contributed by atoms with Gasteiger partial charge in [0.05, 0.1) is 13.1 Å². The summed E-state index contributed by atoms with van der Waals surface area (Å²) in [6, 6.07) is 7.45. The summed E-state index contributed by atoms with van der Waals surface area (Å²) in [5, 5.41) is 2.78. The molecular weight excluding hydrogens is 226 g/mol. The Bertz CT molecular complexity index is 447. The van der Waals surface area contributed by atoms with Gasteiger partial charge >= 0.3 is 0 Å². The Morgan fingerprint density at radius 1 is 1.28 bits per heavy atom. The van der Waals surface area contributed by atoms with E-state index in [0.29, 0.717) is 24.5 Å². The van der Waals surface area contributed by atoms with E-state index in [1.165, 1.54) is 0 Å². The van der Waals surface area contributed by atoms with E-state index < -0.39 is 0 Å². The van der Waals surface area contributed by atoms with E-state index in [0.717, 1.165) is 5.56 Å². The van der Waals surface area contributed by atoms with E-state index in [4.69, 9.17) is 0 Å². The average molecular weight is 245 g/mol. The summed E-state index contributed by atoms with van der Waals surface area (Å²) in [7, 11) is 0. The van der Waals surface area contributed by atoms with Crippen LogP contribution in [0.2, 0.25) is 0 Å². The zero-order valence-corrected chi connectivity index (χ0v) is 11.1. The molecule has 1 amide bonds. The first-order chi connectivity index (χ1) is 8.75. The normalized spacial score (nSPS) is 12.5. The van der Waals surface area contributed by atoms with E-state index in [9.17, 15) is 4.79 Å². The number of aliphatic imine (C=N–C) groups is 2. The average Bonchev–Trinajstić information content (AvgIpc) is 2.92. The molecule has 0 aromatic heterocycles. The third-order valence-corrected chi connectivity index (χ3v) is 2.32. The molecule has 96 valence electrons. The zero-order chi connectivity index (χ0) is 13.4. The fraction of sp³-hybridized carbons (Fsp3) is 0.357. The summed E-state index contributed by atoms with van der Waals surface area (Å²) in [5.41, 5.74) is 1.80. The van der Waals surface area contributed by atoms with E-state index in [1.807, 2.05) is 45.0 Å². The maximum absolute atomic E-state index is 11.7. The largest absolute Gasteiger partial charge is 0.345 e. The maximum Gasteiger partial charge on any atom is 0.251 e. The fourth-order valence-corrected chi connectivity index (χ4v) is 1.40. The monoisotopic (exact) mass is 245 g/mol. The lowest BCUT2D eigenvalue weighted by Crippen LogP contribution is -2.28. The van der Waals surface area contributed by atoms with Crippen molar-refractivity contribution in [2.45, 2.75) is 20.8 Å². The molecule has 2 rings (SSSR count). The number of benzene rings is 1. The predicted octanol–water partition coefficient (Wildman–Crippen LogP) is 2.23. The van der Waals surface area contributed by atoms with Gasteiger partial charge in [-0.1, -0.05) is 31.5 Å². The highest BCUT2D eigenvalue weighted by molar-refractivity contribution is 6.00. The maximum atomic E-state index is 11.7. The molecule has 0 atom stereocenters. The van der Waals surface area contributed by atoms with Gasteiger partial charge in [-0.25, -0.2) is 4.99 Å². The van der Waals surface area contributed by atoms with E-state index in [2.05, 4.69) is 15.3 Å². The van der Waals surface area contributed by atoms with E-state index in [-0.39, 0.29) is 5.91 Å². The quantitative estimate of drug-likeness (QED) is 0.872. The van der Waals surface area contributed by atoms with Crippen molar-refractivity contribution in [3.8, 4) is 0 Å². The predicted molar refractivity (Wildman–Crippen MR) is 75.7 cm³/mol. The number of carbonyl (C=O) groups excluding carboxylic acids is 1. The number of aryl methyl sites for hydroxylation is 1. The Labute approximate surface area is 108 Å². The first-order valence-electron chi connectivity index (χ1n) is 6.16. The summed E-state index contributed by atoms with van der Waals surface area (Å²) >= 11 is 0. The molecule has 1 aliphatic rings. The van der Waals surface area contributed by atoms with Gasteiger partial charge in [0.2, 0.25) is 0 Å². The van der Waals surface area contributed by atoms with Gasteiger partial charge in [0.25, 0.3) is 5.91 Å². The lowest BCUT2D eigenvalue weighted by molar-refractivity contribution is 0.0959. The summed E-state index contributed by atoms with van der Waals surface area (Å²) in [6.07, 6.45) is 1.73. The molecule has 0 saturated carbocycles. The molecule has 0 saturated heterocycles. The molecular formula is C14H19N3O. The third kappa shape index (κ3) is 4.13. The molecule has 1 aliphatic heterocycles. The van der Waals surface area contributed by atoms with Gasteiger partial charge in [-0.2, -0.15) is 0 Å². The number of nitrogens with zero attached hydrogens (tertiary/aromatic N) is 2. The molecule has 0 spiro atoms. The molecule has 0 radical (unpaired) electrons. The highest BCUT2D eigenvalue weighted by atomic mass is 16.1. The van der Waals surface area contributed by atoms with Gasteiger partial charge in [0.15, 0.2) is 0 Å². The summed E-state index contributed by atoms with van der Waals surface area (Å²) in [5.74, 6) is 0.588. The second-order valence-electron chi connectivity index (χ2n) is 3.62. The van der Waals surface area contributed by atoms with Crippen molar-refractivity contribution in [3.63, 3.8) is 0 Å². The lowest BCUT2D eigenvalue weighted by Gasteiger charge is -2.03. The number of nitrogens with one attached hydrogen (secondary N) is 1. The van der Waals surface area contributed by atoms with Crippen molar-refractivity contribution < 1.29 is 4.79 Å². The summed E-state index contributed by atoms with van der Waals surface area (Å²) in [6.45, 7) is 7.00. The molecule has 1 heterocycles. The van der Waals surface area contributed by atoms with Gasteiger partial charge < -0.3 is 5.32 Å². The van der Waals surface area contributed by atoms with Crippen LogP contribution in [-0.4, -0.2) is 31.0 Å². The van der Waals surface area contributed by atoms with Crippen molar-refractivity contribution in [2.24, 2.45) is 9.98 Å². The summed E-state index contributed by atoms with van der Waals surface area (Å²) < 4.78 is 0. The van der Waals surface area contributed by atoms with Crippen LogP contribution in [0.4, 0.5) is 0 Å². The van der Waals surface area contributed by atoms with Gasteiger partial charge in [-0.15, -0.1) is 0 Å². The van der Waals surface area contributed by atoms with Crippen LogP contribution in [0, 0.1) is 6.92 Å². The molecule has 0 bridgehead atoms. The second-order valence-corrected chi connectivity index (χ2v) is 3.62. The molecule has 0 aliphatic carbocycles. The van der Waals surface area contributed by atoms with Gasteiger partial charge in [-0.05, 0) is 19.1 Å². The first-order valence-corrected chi connectivity index (χ1v) is 6.16. The van der Waals surface area contributed by atoms with Gasteiger partial charge in [0.1, 0.15) is 5.84 Å². The topological polar surface area (TPSA) is 53.8 Å². The van der Waals surface area contributed by atoms with Crippen LogP contribution in [0.1, 0.15) is 29.8 Å². The van der Waals surface area contributed by atoms with Crippen LogP contribution in [0.25, 0.3) is 0 Å². The Morgan fingerprint density at radius 3 is 2.50 bits per heavy atom. The molecule has 0 unspecified atom stereocenters. The van der Waals surface area contributed by atoms with Crippen LogP contribution in [0.15, 0.2) is 34.3 Å². The minimum Gasteiger partial charge on any atom is -0.345 e. The molecule has 0 fully saturated rings. The molecule has 4 nitrogen and oxygen atoms in total. The highest BCUT2D eigenvalue weighted by Crippen LogP contribution is 2.02. The van der Waals surface area contributed by atoms with E-state index >= 15 is 0 Å². The second kappa shape index (κ2) is 7.37. The Balaban J connectivity index is 0.000000771. The van der Waals surface area contributed by atoms with Gasteiger partial charge in [-0.3, -0.25) is 9.79 Å². The molecule has 18 heavy (non-hydrogen) atoms. The van der Waals surface area contributed by atoms with Crippen molar-refractivity contribution in [2.75, 3.05) is 13.1 Å². The van der Waals surface area contributed by atoms with Crippen LogP contribution < -0.4 is 5.32 Å². The SMILES string of the molecule is CC.Cc1ccc(C(=O)NCC2=NCC=N2)cc1. The van der Waals surface area contributed by atoms with E-state index in [1.54, 1.807) is 6.21 Å². The number of hydrogen-bond acceptors (Lipinski definition) is 3. The number of hydrogen-bond donors (Lipinski definition) is 1. The number of rotatable bonds is 3. The number of carbonyl (C=O) groups is 1. The molecule has 1 aromatic rings. The van der Waals surface area contributed by atoms with Crippen LogP contribution in [-0.2, 0) is 0 Å². The minimum absolute atomic E-state index is 0.0928. The van der Waals surface area contributed by atoms with Crippen molar-refractivity contribution in [3.05, 3.63) is 35.4 Å². The van der Waals surface area contributed by atoms with Crippen LogP contribution in [0.3, 0.4) is 0 Å². The van der Waals surface area contributed by atoms with Crippen LogP contribution in [0.5, 0.6) is 0 Å². The van der Waals surface area contributed by atoms with Crippen molar-refractivity contribution >= 4 is 18.0 Å². The highest BCUT2D eigenvalue weighted by Gasteiger charge is 2.06. The van der Waals surface area contributed by atoms with Gasteiger partial charge in [0, 0.05) is 11.8 Å². The summed E-state index contributed by atoms with van der Waals surface area (Å²) in [4.78, 5) is 19.8. The van der Waals surface area contributed by atoms with Crippen molar-refractivity contribution in [1.29, 1.82) is 0 Å². The van der Waals surface area contributed by atoms with Crippen molar-refractivity contribution in [1.82, 2.24) is 5.32 Å². The smallest absolute Gasteiger partial charge is 0.251 e. The Kier molecular flexibility index (Phi) is 5.77. The lowest BCUT2D eigenvalue weighted by atomic mass is 10.1.